The average molecular weight is 256 g/mol. The lowest BCUT2D eigenvalue weighted by Gasteiger charge is -2.41. The molecule has 1 fully saturated rings. The van der Waals surface area contributed by atoms with E-state index < -0.39 is 28.6 Å². The molecule has 104 valence electrons. The van der Waals surface area contributed by atoms with Crippen LogP contribution >= 0.6 is 0 Å². The van der Waals surface area contributed by atoms with Gasteiger partial charge in [-0.05, 0) is 33.2 Å². The first-order valence-electron chi connectivity index (χ1n) is 6.51. The Bertz CT molecular complexity index is 328. The zero-order valence-corrected chi connectivity index (χ0v) is 11.2. The van der Waals surface area contributed by atoms with Gasteiger partial charge in [-0.1, -0.05) is 19.3 Å². The van der Waals surface area contributed by atoms with Crippen LogP contribution in [0.4, 0.5) is 0 Å². The maximum absolute atomic E-state index is 12.3. The Morgan fingerprint density at radius 3 is 2.11 bits per heavy atom. The maximum atomic E-state index is 12.3. The number of hydrogen-bond acceptors (Lipinski definition) is 4. The number of hydrogen-bond donors (Lipinski definition) is 3. The number of nitrogens with two attached hydrogens (primary N) is 2. The van der Waals surface area contributed by atoms with Gasteiger partial charge in [0.05, 0.1) is 5.54 Å². The summed E-state index contributed by atoms with van der Waals surface area (Å²) < 4.78 is 0. The van der Waals surface area contributed by atoms with Crippen molar-refractivity contribution >= 4 is 11.8 Å². The molecule has 1 saturated carbocycles. The molecular weight excluding hydrogens is 232 g/mol. The Kier molecular flexibility index (Phi) is 4.50. The molecule has 1 rings (SSSR count). The maximum Gasteiger partial charge on any atom is 0.314 e. The summed E-state index contributed by atoms with van der Waals surface area (Å²) in [4.78, 5) is 23.8. The minimum absolute atomic E-state index is 0.228. The number of carbonyl (C=O) groups is 2. The highest BCUT2D eigenvalue weighted by molar-refractivity contribution is 6.03. The first kappa shape index (κ1) is 15.1. The standard InChI is InChI=1S/C13H24N2O3/c1-12(2,15)10(16)9(11(17)18)13(8-14)6-4-3-5-7-13/h9H,3-8,14-15H2,1-2H3,(H,17,18). The molecule has 1 aliphatic rings. The summed E-state index contributed by atoms with van der Waals surface area (Å²) in [7, 11) is 0. The topological polar surface area (TPSA) is 106 Å². The molecule has 0 saturated heterocycles. The summed E-state index contributed by atoms with van der Waals surface area (Å²) in [6.07, 6.45) is 4.33. The Morgan fingerprint density at radius 2 is 1.78 bits per heavy atom. The van der Waals surface area contributed by atoms with Gasteiger partial charge in [0.25, 0.3) is 0 Å². The van der Waals surface area contributed by atoms with Crippen molar-refractivity contribution in [1.29, 1.82) is 0 Å². The zero-order valence-electron chi connectivity index (χ0n) is 11.2. The summed E-state index contributed by atoms with van der Waals surface area (Å²) in [5, 5.41) is 9.42. The second-order valence-corrected chi connectivity index (χ2v) is 5.98. The number of rotatable bonds is 5. The van der Waals surface area contributed by atoms with Crippen LogP contribution in [0.3, 0.4) is 0 Å². The molecule has 0 spiro atoms. The molecule has 0 aromatic heterocycles. The molecule has 1 aliphatic carbocycles. The average Bonchev–Trinajstić information content (AvgIpc) is 2.28. The van der Waals surface area contributed by atoms with E-state index in [1.165, 1.54) is 0 Å². The van der Waals surface area contributed by atoms with Crippen LogP contribution in [0.1, 0.15) is 46.0 Å². The Hall–Kier alpha value is -0.940. The monoisotopic (exact) mass is 256 g/mol. The highest BCUT2D eigenvalue weighted by atomic mass is 16.4. The van der Waals surface area contributed by atoms with E-state index in [4.69, 9.17) is 11.5 Å². The molecule has 0 aliphatic heterocycles. The highest BCUT2D eigenvalue weighted by Crippen LogP contribution is 2.43. The summed E-state index contributed by atoms with van der Waals surface area (Å²) in [6.45, 7) is 3.34. The van der Waals surface area contributed by atoms with Crippen molar-refractivity contribution in [3.05, 3.63) is 0 Å². The van der Waals surface area contributed by atoms with Gasteiger partial charge in [0.1, 0.15) is 5.92 Å². The van der Waals surface area contributed by atoms with Crippen LogP contribution in [0.25, 0.3) is 0 Å². The third kappa shape index (κ3) is 2.90. The molecule has 0 amide bonds. The van der Waals surface area contributed by atoms with Crippen LogP contribution in [0.5, 0.6) is 0 Å². The van der Waals surface area contributed by atoms with Crippen molar-refractivity contribution in [3.63, 3.8) is 0 Å². The van der Waals surface area contributed by atoms with Crippen molar-refractivity contribution in [1.82, 2.24) is 0 Å². The van der Waals surface area contributed by atoms with E-state index in [1.807, 2.05) is 0 Å². The van der Waals surface area contributed by atoms with E-state index in [1.54, 1.807) is 13.8 Å². The summed E-state index contributed by atoms with van der Waals surface area (Å²) in [5.41, 5.74) is 9.84. The Labute approximate surface area is 108 Å². The fraction of sp³-hybridized carbons (Fsp3) is 0.846. The second-order valence-electron chi connectivity index (χ2n) is 5.98. The van der Waals surface area contributed by atoms with Gasteiger partial charge in [-0.25, -0.2) is 0 Å². The van der Waals surface area contributed by atoms with E-state index in [9.17, 15) is 14.7 Å². The molecular formula is C13H24N2O3. The molecule has 0 radical (unpaired) electrons. The first-order chi connectivity index (χ1) is 8.24. The van der Waals surface area contributed by atoms with Crippen molar-refractivity contribution in [3.8, 4) is 0 Å². The molecule has 0 heterocycles. The number of carboxylic acid groups (broad SMARTS) is 1. The predicted octanol–water partition coefficient (Wildman–Crippen LogP) is 0.903. The fourth-order valence-electron chi connectivity index (χ4n) is 2.89. The van der Waals surface area contributed by atoms with Crippen molar-refractivity contribution in [2.75, 3.05) is 6.54 Å². The predicted molar refractivity (Wildman–Crippen MR) is 69.0 cm³/mol. The SMILES string of the molecule is CC(C)(N)C(=O)C(C(=O)O)C1(CN)CCCCC1. The molecule has 0 aromatic rings. The smallest absolute Gasteiger partial charge is 0.314 e. The van der Waals surface area contributed by atoms with Gasteiger partial charge in [-0.2, -0.15) is 0 Å². The molecule has 1 atom stereocenters. The molecule has 5 N–H and O–H groups in total. The molecule has 1 unspecified atom stereocenters. The minimum Gasteiger partial charge on any atom is -0.481 e. The quantitative estimate of drug-likeness (QED) is 0.634. The van der Waals surface area contributed by atoms with Crippen LogP contribution in [-0.2, 0) is 9.59 Å². The largest absolute Gasteiger partial charge is 0.481 e. The summed E-state index contributed by atoms with van der Waals surface area (Å²) >= 11 is 0. The zero-order chi connectivity index (χ0) is 14.0. The second kappa shape index (κ2) is 5.36. The number of aliphatic carboxylic acids is 1. The van der Waals surface area contributed by atoms with Gasteiger partial charge in [-0.3, -0.25) is 9.59 Å². The van der Waals surface area contributed by atoms with E-state index in [2.05, 4.69) is 0 Å². The molecule has 0 aromatic carbocycles. The Morgan fingerprint density at radius 1 is 1.28 bits per heavy atom. The van der Waals surface area contributed by atoms with Crippen LogP contribution in [0.15, 0.2) is 0 Å². The molecule has 5 heteroatoms. The third-order valence-electron chi connectivity index (χ3n) is 4.01. The number of carbonyl (C=O) groups excluding carboxylic acids is 1. The Balaban J connectivity index is 3.10. The summed E-state index contributed by atoms with van der Waals surface area (Å²) in [6, 6.07) is 0. The normalized spacial score (nSPS) is 21.3. The van der Waals surface area contributed by atoms with Crippen LogP contribution < -0.4 is 11.5 Å². The van der Waals surface area contributed by atoms with Gasteiger partial charge in [0.15, 0.2) is 5.78 Å². The van der Waals surface area contributed by atoms with Gasteiger partial charge < -0.3 is 16.6 Å². The number of carboxylic acids is 1. The van der Waals surface area contributed by atoms with Crippen LogP contribution in [0, 0.1) is 11.3 Å². The summed E-state index contributed by atoms with van der Waals surface area (Å²) in [5.74, 6) is -2.59. The first-order valence-corrected chi connectivity index (χ1v) is 6.51. The van der Waals surface area contributed by atoms with Gasteiger partial charge in [-0.15, -0.1) is 0 Å². The van der Waals surface area contributed by atoms with Crippen LogP contribution in [-0.4, -0.2) is 28.9 Å². The van der Waals surface area contributed by atoms with E-state index >= 15 is 0 Å². The van der Waals surface area contributed by atoms with E-state index in [-0.39, 0.29) is 6.54 Å². The lowest BCUT2D eigenvalue weighted by Crippen LogP contribution is -2.55. The van der Waals surface area contributed by atoms with E-state index in [0.717, 1.165) is 19.3 Å². The van der Waals surface area contributed by atoms with Crippen molar-refractivity contribution in [2.24, 2.45) is 22.8 Å². The van der Waals surface area contributed by atoms with Crippen LogP contribution in [0.2, 0.25) is 0 Å². The lowest BCUT2D eigenvalue weighted by atomic mass is 9.62. The fourth-order valence-corrected chi connectivity index (χ4v) is 2.89. The van der Waals surface area contributed by atoms with Gasteiger partial charge >= 0.3 is 5.97 Å². The van der Waals surface area contributed by atoms with Crippen molar-refractivity contribution in [2.45, 2.75) is 51.5 Å². The minimum atomic E-state index is -1.14. The van der Waals surface area contributed by atoms with Gasteiger partial charge in [0, 0.05) is 5.41 Å². The molecule has 0 bridgehead atoms. The van der Waals surface area contributed by atoms with Gasteiger partial charge in [0.2, 0.25) is 0 Å². The highest BCUT2D eigenvalue weighted by Gasteiger charge is 2.49. The van der Waals surface area contributed by atoms with E-state index in [0.29, 0.717) is 12.8 Å². The number of ketones is 1. The molecule has 18 heavy (non-hydrogen) atoms. The number of Topliss-reactive ketones (excluding diaryl/α,β-unsaturated/α-hetero) is 1. The third-order valence-corrected chi connectivity index (χ3v) is 4.01. The van der Waals surface area contributed by atoms with Crippen molar-refractivity contribution < 1.29 is 14.7 Å². The lowest BCUT2D eigenvalue weighted by molar-refractivity contribution is -0.155. The molecule has 5 nitrogen and oxygen atoms in total.